The third kappa shape index (κ3) is 6.42. The quantitative estimate of drug-likeness (QED) is 0.273. The predicted octanol–water partition coefficient (Wildman–Crippen LogP) is 7.21. The molecule has 0 spiro atoms. The highest BCUT2D eigenvalue weighted by Crippen LogP contribution is 2.31. The van der Waals surface area contributed by atoms with Crippen LogP contribution in [0.3, 0.4) is 0 Å². The average Bonchev–Trinajstić information content (AvgIpc) is 2.91. The summed E-state index contributed by atoms with van der Waals surface area (Å²) in [4.78, 5) is 15.1. The molecule has 0 heterocycles. The molecule has 4 rings (SSSR count). The number of anilines is 1. The molecule has 0 bridgehead atoms. The summed E-state index contributed by atoms with van der Waals surface area (Å²) in [7, 11) is 1.60. The number of carbonyl (C=O) groups is 1. The van der Waals surface area contributed by atoms with Gasteiger partial charge < -0.3 is 19.7 Å². The van der Waals surface area contributed by atoms with E-state index in [1.807, 2.05) is 85.8 Å². The molecule has 0 aliphatic rings. The molecule has 1 unspecified atom stereocenters. The van der Waals surface area contributed by atoms with Crippen molar-refractivity contribution >= 4 is 11.7 Å². The standard InChI is InChI=1S/C30H29FN2O3/c1-22(25-12-7-4-8-13-25)33(30(34)32-27-15-9-14-26(31)19-27)20-24-16-17-28(35-2)29(18-24)36-21-23-10-5-3-6-11-23/h3-19,22H,20-21H2,1-2H3,(H,32,34). The SMILES string of the molecule is COc1ccc(CN(C(=O)Nc2cccc(F)c2)C(C)c2ccccc2)cc1OCc1ccccc1. The summed E-state index contributed by atoms with van der Waals surface area (Å²) in [5.74, 6) is 0.795. The second-order valence-corrected chi connectivity index (χ2v) is 8.41. The average molecular weight is 485 g/mol. The van der Waals surface area contributed by atoms with E-state index in [9.17, 15) is 9.18 Å². The van der Waals surface area contributed by atoms with E-state index in [1.54, 1.807) is 24.1 Å². The number of amides is 2. The molecule has 184 valence electrons. The highest BCUT2D eigenvalue weighted by Gasteiger charge is 2.23. The number of hydrogen-bond acceptors (Lipinski definition) is 3. The maximum atomic E-state index is 13.7. The monoisotopic (exact) mass is 484 g/mol. The maximum absolute atomic E-state index is 13.7. The number of hydrogen-bond donors (Lipinski definition) is 1. The van der Waals surface area contributed by atoms with Gasteiger partial charge in [-0.1, -0.05) is 72.8 Å². The Hall–Kier alpha value is -4.32. The molecule has 0 aliphatic heterocycles. The zero-order chi connectivity index (χ0) is 25.3. The van der Waals surface area contributed by atoms with Crippen LogP contribution in [-0.4, -0.2) is 18.0 Å². The lowest BCUT2D eigenvalue weighted by Crippen LogP contribution is -2.36. The van der Waals surface area contributed by atoms with Crippen molar-refractivity contribution in [2.75, 3.05) is 12.4 Å². The number of carbonyl (C=O) groups excluding carboxylic acids is 1. The van der Waals surface area contributed by atoms with Gasteiger partial charge in [0, 0.05) is 12.2 Å². The number of halogens is 1. The van der Waals surface area contributed by atoms with E-state index in [0.29, 0.717) is 30.3 Å². The van der Waals surface area contributed by atoms with Gasteiger partial charge in [0.1, 0.15) is 12.4 Å². The van der Waals surface area contributed by atoms with Crippen LogP contribution < -0.4 is 14.8 Å². The molecule has 5 nitrogen and oxygen atoms in total. The van der Waals surface area contributed by atoms with Crippen molar-refractivity contribution < 1.29 is 18.7 Å². The Morgan fingerprint density at radius 1 is 0.861 bits per heavy atom. The van der Waals surface area contributed by atoms with E-state index in [1.165, 1.54) is 12.1 Å². The Morgan fingerprint density at radius 3 is 2.28 bits per heavy atom. The van der Waals surface area contributed by atoms with Crippen molar-refractivity contribution in [3.63, 3.8) is 0 Å². The van der Waals surface area contributed by atoms with E-state index in [2.05, 4.69) is 5.32 Å². The maximum Gasteiger partial charge on any atom is 0.322 e. The van der Waals surface area contributed by atoms with Crippen LogP contribution in [0.4, 0.5) is 14.9 Å². The zero-order valence-corrected chi connectivity index (χ0v) is 20.4. The first-order chi connectivity index (χ1) is 17.5. The van der Waals surface area contributed by atoms with Gasteiger partial charge in [-0.15, -0.1) is 0 Å². The largest absolute Gasteiger partial charge is 0.493 e. The Labute approximate surface area is 211 Å². The minimum Gasteiger partial charge on any atom is -0.493 e. The van der Waals surface area contributed by atoms with Crippen LogP contribution in [0, 0.1) is 5.82 Å². The van der Waals surface area contributed by atoms with Crippen molar-refractivity contribution in [1.82, 2.24) is 4.90 Å². The lowest BCUT2D eigenvalue weighted by atomic mass is 10.1. The van der Waals surface area contributed by atoms with Crippen molar-refractivity contribution in [2.45, 2.75) is 26.1 Å². The summed E-state index contributed by atoms with van der Waals surface area (Å²) in [5, 5.41) is 2.83. The van der Waals surface area contributed by atoms with E-state index < -0.39 is 5.82 Å². The number of urea groups is 1. The highest BCUT2D eigenvalue weighted by molar-refractivity contribution is 5.89. The highest BCUT2D eigenvalue weighted by atomic mass is 19.1. The molecular formula is C30H29FN2O3. The first kappa shape index (κ1) is 24.8. The van der Waals surface area contributed by atoms with Crippen LogP contribution in [0.2, 0.25) is 0 Å². The summed E-state index contributed by atoms with van der Waals surface area (Å²) in [6.07, 6.45) is 0. The molecule has 0 aromatic heterocycles. The molecular weight excluding hydrogens is 455 g/mol. The van der Waals surface area contributed by atoms with E-state index in [4.69, 9.17) is 9.47 Å². The molecule has 4 aromatic rings. The fourth-order valence-corrected chi connectivity index (χ4v) is 3.92. The fourth-order valence-electron chi connectivity index (χ4n) is 3.92. The molecule has 0 fully saturated rings. The molecule has 1 N–H and O–H groups in total. The summed E-state index contributed by atoms with van der Waals surface area (Å²) < 4.78 is 25.3. The minimum absolute atomic E-state index is 0.240. The Morgan fingerprint density at radius 2 is 1.58 bits per heavy atom. The van der Waals surface area contributed by atoms with Gasteiger partial charge in [-0.3, -0.25) is 0 Å². The van der Waals surface area contributed by atoms with Gasteiger partial charge in [0.05, 0.1) is 13.2 Å². The molecule has 0 saturated heterocycles. The van der Waals surface area contributed by atoms with Crippen LogP contribution in [-0.2, 0) is 13.2 Å². The van der Waals surface area contributed by atoms with Gasteiger partial charge in [0.25, 0.3) is 0 Å². The van der Waals surface area contributed by atoms with Crippen LogP contribution >= 0.6 is 0 Å². The number of nitrogens with one attached hydrogen (secondary N) is 1. The normalized spacial score (nSPS) is 11.4. The second-order valence-electron chi connectivity index (χ2n) is 8.41. The Balaban J connectivity index is 1.59. The smallest absolute Gasteiger partial charge is 0.322 e. The number of ether oxygens (including phenoxy) is 2. The van der Waals surface area contributed by atoms with Crippen molar-refractivity contribution in [1.29, 1.82) is 0 Å². The van der Waals surface area contributed by atoms with Crippen LogP contribution in [0.15, 0.2) is 103 Å². The topological polar surface area (TPSA) is 50.8 Å². The van der Waals surface area contributed by atoms with Crippen molar-refractivity contribution in [3.05, 3.63) is 126 Å². The van der Waals surface area contributed by atoms with Crippen molar-refractivity contribution in [2.24, 2.45) is 0 Å². The molecule has 4 aromatic carbocycles. The van der Waals surface area contributed by atoms with Gasteiger partial charge in [-0.2, -0.15) is 0 Å². The lowest BCUT2D eigenvalue weighted by molar-refractivity contribution is 0.189. The first-order valence-electron chi connectivity index (χ1n) is 11.8. The summed E-state index contributed by atoms with van der Waals surface area (Å²) in [5.41, 5.74) is 3.29. The van der Waals surface area contributed by atoms with E-state index in [0.717, 1.165) is 16.7 Å². The molecule has 0 saturated carbocycles. The van der Waals surface area contributed by atoms with E-state index in [-0.39, 0.29) is 12.1 Å². The van der Waals surface area contributed by atoms with Crippen LogP contribution in [0.25, 0.3) is 0 Å². The molecule has 0 aliphatic carbocycles. The molecule has 0 radical (unpaired) electrons. The van der Waals surface area contributed by atoms with Gasteiger partial charge in [-0.05, 0) is 53.9 Å². The molecule has 6 heteroatoms. The summed E-state index contributed by atoms with van der Waals surface area (Å²) >= 11 is 0. The Kier molecular flexibility index (Phi) is 8.19. The first-order valence-corrected chi connectivity index (χ1v) is 11.8. The predicted molar refractivity (Wildman–Crippen MR) is 140 cm³/mol. The number of benzene rings is 4. The molecule has 36 heavy (non-hydrogen) atoms. The number of rotatable bonds is 9. The van der Waals surface area contributed by atoms with Gasteiger partial charge in [0.15, 0.2) is 11.5 Å². The third-order valence-electron chi connectivity index (χ3n) is 5.90. The second kappa shape index (κ2) is 11.9. The van der Waals surface area contributed by atoms with Gasteiger partial charge >= 0.3 is 6.03 Å². The Bertz CT molecular complexity index is 1280. The van der Waals surface area contributed by atoms with Crippen molar-refractivity contribution in [3.8, 4) is 11.5 Å². The number of methoxy groups -OCH3 is 1. The third-order valence-corrected chi connectivity index (χ3v) is 5.90. The summed E-state index contributed by atoms with van der Waals surface area (Å²) in [6, 6.07) is 30.6. The summed E-state index contributed by atoms with van der Waals surface area (Å²) in [6.45, 7) is 2.67. The van der Waals surface area contributed by atoms with E-state index >= 15 is 0 Å². The minimum atomic E-state index is -0.411. The van der Waals surface area contributed by atoms with Crippen LogP contribution in [0.5, 0.6) is 11.5 Å². The van der Waals surface area contributed by atoms with Gasteiger partial charge in [-0.25, -0.2) is 9.18 Å². The zero-order valence-electron chi connectivity index (χ0n) is 20.4. The fraction of sp³-hybridized carbons (Fsp3) is 0.167. The van der Waals surface area contributed by atoms with Crippen LogP contribution in [0.1, 0.15) is 29.7 Å². The number of nitrogens with zero attached hydrogens (tertiary/aromatic N) is 1. The molecule has 1 atom stereocenters. The molecule has 2 amide bonds. The van der Waals surface area contributed by atoms with Gasteiger partial charge in [0.2, 0.25) is 0 Å². The lowest BCUT2D eigenvalue weighted by Gasteiger charge is -2.30.